The van der Waals surface area contributed by atoms with E-state index in [0.29, 0.717) is 31.9 Å². The summed E-state index contributed by atoms with van der Waals surface area (Å²) >= 11 is 0. The van der Waals surface area contributed by atoms with E-state index >= 15 is 0 Å². The van der Waals surface area contributed by atoms with Crippen molar-refractivity contribution in [2.75, 3.05) is 49.5 Å². The molecule has 0 atom stereocenters. The molecular weight excluding hydrogens is 460 g/mol. The van der Waals surface area contributed by atoms with Crippen molar-refractivity contribution >= 4 is 27.3 Å². The van der Waals surface area contributed by atoms with Crippen LogP contribution in [0.3, 0.4) is 0 Å². The van der Waals surface area contributed by atoms with Crippen molar-refractivity contribution in [2.45, 2.75) is 56.4 Å². The number of nitrogens with one attached hydrogen (secondary N) is 1. The van der Waals surface area contributed by atoms with Gasteiger partial charge in [0, 0.05) is 63.6 Å². The van der Waals surface area contributed by atoms with Crippen LogP contribution in [0.25, 0.3) is 0 Å². The van der Waals surface area contributed by atoms with Crippen LogP contribution in [-0.2, 0) is 27.7 Å². The van der Waals surface area contributed by atoms with E-state index in [1.807, 2.05) is 0 Å². The van der Waals surface area contributed by atoms with Gasteiger partial charge in [-0.3, -0.25) is 9.69 Å². The summed E-state index contributed by atoms with van der Waals surface area (Å²) < 4.78 is 27.9. The monoisotopic (exact) mass is 496 g/mol. The fraction of sp³-hybridized carbons (Fsp3) is 0.519. The molecule has 1 saturated carbocycles. The lowest BCUT2D eigenvalue weighted by Crippen LogP contribution is -2.48. The molecule has 1 aliphatic carbocycles. The Labute approximate surface area is 209 Å². The summed E-state index contributed by atoms with van der Waals surface area (Å²) in [4.78, 5) is 16.5. The molecule has 0 unspecified atom stereocenters. The van der Waals surface area contributed by atoms with Gasteiger partial charge in [0.2, 0.25) is 15.9 Å². The Kier molecular flexibility index (Phi) is 7.14. The lowest BCUT2D eigenvalue weighted by Gasteiger charge is -2.35. The molecule has 0 bridgehead atoms. The number of anilines is 2. The van der Waals surface area contributed by atoms with E-state index in [0.717, 1.165) is 25.4 Å². The predicted molar refractivity (Wildman–Crippen MR) is 139 cm³/mol. The topological polar surface area (TPSA) is 73.0 Å². The molecule has 7 nitrogen and oxygen atoms in total. The molecule has 1 amide bonds. The first-order valence-corrected chi connectivity index (χ1v) is 14.3. The number of fused-ring (bicyclic) bond motifs is 1. The molecule has 0 spiro atoms. The maximum atomic E-state index is 13.1. The van der Waals surface area contributed by atoms with Crippen LogP contribution in [0.2, 0.25) is 0 Å². The zero-order chi connectivity index (χ0) is 24.4. The molecule has 2 aromatic carbocycles. The fourth-order valence-corrected chi connectivity index (χ4v) is 7.23. The van der Waals surface area contributed by atoms with Gasteiger partial charge >= 0.3 is 0 Å². The van der Waals surface area contributed by atoms with Gasteiger partial charge < -0.3 is 10.2 Å². The number of carbonyl (C=O) groups excluding carboxylic acids is 1. The number of nitrogens with zero attached hydrogens (tertiary/aromatic N) is 3. The standard InChI is InChI=1S/C27H36N4O3S/c1-21(32)28-24-7-10-27(11-8-24)35(33,34)31-18-16-30(17-19-31)26-9-6-22-12-14-29(15-13-23(22)20-26)25-4-2-3-5-25/h6-11,20,25H,2-5,12-19H2,1H3,(H,28,32). The second-order valence-electron chi connectivity index (χ2n) is 10.0. The molecule has 3 aliphatic rings. The first kappa shape index (κ1) is 24.3. The van der Waals surface area contributed by atoms with E-state index in [1.54, 1.807) is 28.6 Å². The third-order valence-electron chi connectivity index (χ3n) is 7.78. The zero-order valence-corrected chi connectivity index (χ0v) is 21.4. The van der Waals surface area contributed by atoms with Crippen molar-refractivity contribution in [1.82, 2.24) is 9.21 Å². The number of piperazine rings is 1. The number of sulfonamides is 1. The molecule has 1 saturated heterocycles. The molecule has 1 N–H and O–H groups in total. The summed E-state index contributed by atoms with van der Waals surface area (Å²) in [6.07, 6.45) is 7.69. The van der Waals surface area contributed by atoms with Crippen LogP contribution in [0.1, 0.15) is 43.7 Å². The molecule has 0 radical (unpaired) electrons. The van der Waals surface area contributed by atoms with Gasteiger partial charge in [0.15, 0.2) is 0 Å². The summed E-state index contributed by atoms with van der Waals surface area (Å²) in [5, 5.41) is 2.67. The second-order valence-corrected chi connectivity index (χ2v) is 12.0. The normalized spacial score (nSPS) is 20.4. The van der Waals surface area contributed by atoms with E-state index < -0.39 is 10.0 Å². The SMILES string of the molecule is CC(=O)Nc1ccc(S(=O)(=O)N2CCN(c3ccc4c(c3)CCN(C3CCCC3)CC4)CC2)cc1. The molecule has 8 heteroatoms. The Morgan fingerprint density at radius 3 is 2.17 bits per heavy atom. The van der Waals surface area contributed by atoms with Gasteiger partial charge in [-0.05, 0) is 73.2 Å². The highest BCUT2D eigenvalue weighted by atomic mass is 32.2. The summed E-state index contributed by atoms with van der Waals surface area (Å²) in [5.41, 5.74) is 4.72. The third kappa shape index (κ3) is 5.39. The quantitative estimate of drug-likeness (QED) is 0.686. The van der Waals surface area contributed by atoms with Crippen LogP contribution in [0.4, 0.5) is 11.4 Å². The van der Waals surface area contributed by atoms with Crippen molar-refractivity contribution in [1.29, 1.82) is 0 Å². The molecule has 35 heavy (non-hydrogen) atoms. The van der Waals surface area contributed by atoms with Crippen molar-refractivity contribution in [3.8, 4) is 0 Å². The predicted octanol–water partition coefficient (Wildman–Crippen LogP) is 3.50. The summed E-state index contributed by atoms with van der Waals surface area (Å²) in [6, 6.07) is 14.0. The molecule has 2 aliphatic heterocycles. The first-order valence-electron chi connectivity index (χ1n) is 12.9. The van der Waals surface area contributed by atoms with Crippen LogP contribution in [0.5, 0.6) is 0 Å². The highest BCUT2D eigenvalue weighted by molar-refractivity contribution is 7.89. The number of amides is 1. The molecule has 2 aromatic rings. The van der Waals surface area contributed by atoms with Crippen molar-refractivity contribution in [3.63, 3.8) is 0 Å². The Hall–Kier alpha value is -2.42. The Balaban J connectivity index is 1.21. The van der Waals surface area contributed by atoms with Gasteiger partial charge in [-0.2, -0.15) is 4.31 Å². The van der Waals surface area contributed by atoms with Gasteiger partial charge in [0.1, 0.15) is 0 Å². The van der Waals surface area contributed by atoms with Crippen LogP contribution >= 0.6 is 0 Å². The highest BCUT2D eigenvalue weighted by Crippen LogP contribution is 2.29. The van der Waals surface area contributed by atoms with Gasteiger partial charge in [0.25, 0.3) is 0 Å². The van der Waals surface area contributed by atoms with Crippen LogP contribution in [0.15, 0.2) is 47.4 Å². The Morgan fingerprint density at radius 2 is 1.51 bits per heavy atom. The van der Waals surface area contributed by atoms with E-state index in [1.165, 1.54) is 56.0 Å². The summed E-state index contributed by atoms with van der Waals surface area (Å²) in [5.74, 6) is -0.180. The first-order chi connectivity index (χ1) is 16.9. The average Bonchev–Trinajstić information content (AvgIpc) is 3.31. The van der Waals surface area contributed by atoms with Crippen LogP contribution < -0.4 is 10.2 Å². The van der Waals surface area contributed by atoms with E-state index in [2.05, 4.69) is 33.3 Å². The lowest BCUT2D eigenvalue weighted by atomic mass is 10.0. The van der Waals surface area contributed by atoms with Crippen molar-refractivity contribution in [2.24, 2.45) is 0 Å². The van der Waals surface area contributed by atoms with Gasteiger partial charge in [-0.15, -0.1) is 0 Å². The largest absolute Gasteiger partial charge is 0.369 e. The van der Waals surface area contributed by atoms with E-state index in [9.17, 15) is 13.2 Å². The van der Waals surface area contributed by atoms with Gasteiger partial charge in [-0.1, -0.05) is 18.9 Å². The molecule has 188 valence electrons. The van der Waals surface area contributed by atoms with Crippen molar-refractivity contribution in [3.05, 3.63) is 53.6 Å². The van der Waals surface area contributed by atoms with E-state index in [4.69, 9.17) is 0 Å². The van der Waals surface area contributed by atoms with Crippen molar-refractivity contribution < 1.29 is 13.2 Å². The maximum absolute atomic E-state index is 13.1. The molecule has 0 aromatic heterocycles. The fourth-order valence-electron chi connectivity index (χ4n) is 5.81. The molecule has 5 rings (SSSR count). The van der Waals surface area contributed by atoms with Gasteiger partial charge in [0.05, 0.1) is 4.90 Å². The Morgan fingerprint density at radius 1 is 0.857 bits per heavy atom. The minimum atomic E-state index is -3.56. The molecular formula is C27H36N4O3S. The second kappa shape index (κ2) is 10.3. The minimum Gasteiger partial charge on any atom is -0.369 e. The number of carbonyl (C=O) groups is 1. The maximum Gasteiger partial charge on any atom is 0.243 e. The number of rotatable bonds is 5. The molecule has 2 fully saturated rings. The number of hydrogen-bond donors (Lipinski definition) is 1. The van der Waals surface area contributed by atoms with Gasteiger partial charge in [-0.25, -0.2) is 8.42 Å². The lowest BCUT2D eigenvalue weighted by molar-refractivity contribution is -0.114. The summed E-state index contributed by atoms with van der Waals surface area (Å²) in [7, 11) is -3.56. The number of hydrogen-bond acceptors (Lipinski definition) is 5. The van der Waals surface area contributed by atoms with E-state index in [-0.39, 0.29) is 10.8 Å². The zero-order valence-electron chi connectivity index (χ0n) is 20.6. The number of benzene rings is 2. The van der Waals surface area contributed by atoms with Crippen LogP contribution in [-0.4, -0.2) is 68.8 Å². The summed E-state index contributed by atoms with van der Waals surface area (Å²) in [6.45, 7) is 6.02. The molecule has 2 heterocycles. The van der Waals surface area contributed by atoms with Crippen LogP contribution in [0, 0.1) is 0 Å². The smallest absolute Gasteiger partial charge is 0.243 e. The minimum absolute atomic E-state index is 0.180. The third-order valence-corrected chi connectivity index (χ3v) is 9.70. The Bertz CT molecular complexity index is 1150. The average molecular weight is 497 g/mol. The highest BCUT2D eigenvalue weighted by Gasteiger charge is 2.29.